The van der Waals surface area contributed by atoms with Crippen molar-refractivity contribution >= 4 is 22.4 Å². The largest absolute Gasteiger partial charge is 0.323 e. The fourth-order valence-electron chi connectivity index (χ4n) is 1.76. The lowest BCUT2D eigenvalue weighted by molar-refractivity contribution is -0.113. The molecule has 0 aromatic heterocycles. The molecule has 116 valence electrons. The second-order valence-electron chi connectivity index (χ2n) is 4.49. The quantitative estimate of drug-likeness (QED) is 0.918. The number of hydrogen-bond acceptors (Lipinski definition) is 2. The molecule has 0 saturated heterocycles. The molecule has 0 radical (unpaired) electrons. The summed E-state index contributed by atoms with van der Waals surface area (Å²) in [6.45, 7) is 0. The van der Waals surface area contributed by atoms with Crippen LogP contribution in [0.25, 0.3) is 0 Å². The minimum atomic E-state index is -1.64. The molecule has 1 unspecified atom stereocenters. The SMILES string of the molecule is O=C(CS(=O)Cc1ccccc1F)Nc1ccc(F)cc1F. The van der Waals surface area contributed by atoms with Crippen molar-refractivity contribution in [3.63, 3.8) is 0 Å². The topological polar surface area (TPSA) is 46.2 Å². The third kappa shape index (κ3) is 4.42. The molecule has 2 aromatic rings. The lowest BCUT2D eigenvalue weighted by Crippen LogP contribution is -2.21. The highest BCUT2D eigenvalue weighted by atomic mass is 32.2. The molecule has 2 aromatic carbocycles. The summed E-state index contributed by atoms with van der Waals surface area (Å²) in [7, 11) is -1.64. The monoisotopic (exact) mass is 327 g/mol. The summed E-state index contributed by atoms with van der Waals surface area (Å²) in [6.07, 6.45) is 0. The summed E-state index contributed by atoms with van der Waals surface area (Å²) in [5.41, 5.74) is 0.0379. The van der Waals surface area contributed by atoms with E-state index in [2.05, 4.69) is 5.32 Å². The third-order valence-electron chi connectivity index (χ3n) is 2.77. The summed E-state index contributed by atoms with van der Waals surface area (Å²) >= 11 is 0. The number of carbonyl (C=O) groups excluding carboxylic acids is 1. The van der Waals surface area contributed by atoms with Crippen LogP contribution in [0.5, 0.6) is 0 Å². The van der Waals surface area contributed by atoms with E-state index in [0.717, 1.165) is 12.1 Å². The Morgan fingerprint density at radius 1 is 1.05 bits per heavy atom. The van der Waals surface area contributed by atoms with E-state index in [1.54, 1.807) is 6.07 Å². The van der Waals surface area contributed by atoms with Gasteiger partial charge >= 0.3 is 0 Å². The molecule has 7 heteroatoms. The Bertz CT molecular complexity index is 722. The molecule has 0 aliphatic heterocycles. The molecule has 0 aliphatic rings. The molecule has 0 fully saturated rings. The molecule has 1 amide bonds. The van der Waals surface area contributed by atoms with Crippen molar-refractivity contribution < 1.29 is 22.2 Å². The zero-order valence-electron chi connectivity index (χ0n) is 11.3. The van der Waals surface area contributed by atoms with Crippen molar-refractivity contribution in [1.29, 1.82) is 0 Å². The standard InChI is InChI=1S/C15H12F3NO2S/c16-11-5-6-14(13(18)7-11)19-15(20)9-22(21)8-10-3-1-2-4-12(10)17/h1-7H,8-9H2,(H,19,20). The third-order valence-corrected chi connectivity index (χ3v) is 3.99. The normalized spacial score (nSPS) is 12.0. The Balaban J connectivity index is 1.94. The number of amides is 1. The van der Waals surface area contributed by atoms with Gasteiger partial charge in [-0.2, -0.15) is 0 Å². The first kappa shape index (κ1) is 16.2. The highest BCUT2D eigenvalue weighted by Crippen LogP contribution is 2.15. The molecule has 0 heterocycles. The summed E-state index contributed by atoms with van der Waals surface area (Å²) in [6, 6.07) is 8.52. The van der Waals surface area contributed by atoms with E-state index in [1.807, 2.05) is 0 Å². The van der Waals surface area contributed by atoms with Gasteiger partial charge in [-0.05, 0) is 18.2 Å². The van der Waals surface area contributed by atoms with E-state index in [0.29, 0.717) is 6.07 Å². The number of carbonyl (C=O) groups is 1. The van der Waals surface area contributed by atoms with Crippen LogP contribution >= 0.6 is 0 Å². The molecular formula is C15H12F3NO2S. The van der Waals surface area contributed by atoms with Crippen LogP contribution in [-0.2, 0) is 21.3 Å². The zero-order chi connectivity index (χ0) is 16.1. The van der Waals surface area contributed by atoms with Gasteiger partial charge in [0.2, 0.25) is 5.91 Å². The van der Waals surface area contributed by atoms with Gasteiger partial charge in [0.15, 0.2) is 0 Å². The number of nitrogens with one attached hydrogen (secondary N) is 1. The predicted molar refractivity (Wildman–Crippen MR) is 78.1 cm³/mol. The van der Waals surface area contributed by atoms with Crippen LogP contribution < -0.4 is 5.32 Å². The fourth-order valence-corrected chi connectivity index (χ4v) is 2.81. The average molecular weight is 327 g/mol. The average Bonchev–Trinajstić information content (AvgIpc) is 2.44. The van der Waals surface area contributed by atoms with Gasteiger partial charge in [0.1, 0.15) is 23.2 Å². The van der Waals surface area contributed by atoms with Gasteiger partial charge in [-0.25, -0.2) is 13.2 Å². The second kappa shape index (κ2) is 7.22. The molecule has 2 rings (SSSR count). The number of anilines is 1. The van der Waals surface area contributed by atoms with E-state index >= 15 is 0 Å². The van der Waals surface area contributed by atoms with Crippen molar-refractivity contribution in [3.05, 3.63) is 65.5 Å². The Morgan fingerprint density at radius 2 is 1.77 bits per heavy atom. The van der Waals surface area contributed by atoms with E-state index in [4.69, 9.17) is 0 Å². The van der Waals surface area contributed by atoms with Crippen molar-refractivity contribution in [1.82, 2.24) is 0 Å². The van der Waals surface area contributed by atoms with Gasteiger partial charge in [0.25, 0.3) is 0 Å². The number of rotatable bonds is 5. The molecule has 1 N–H and O–H groups in total. The Hall–Kier alpha value is -2.15. The van der Waals surface area contributed by atoms with Gasteiger partial charge in [-0.1, -0.05) is 18.2 Å². The minimum Gasteiger partial charge on any atom is -0.323 e. The van der Waals surface area contributed by atoms with Crippen LogP contribution in [0.4, 0.5) is 18.9 Å². The molecule has 0 saturated carbocycles. The summed E-state index contributed by atoms with van der Waals surface area (Å²) in [4.78, 5) is 11.7. The van der Waals surface area contributed by atoms with Crippen LogP contribution in [0.1, 0.15) is 5.56 Å². The molecule has 3 nitrogen and oxygen atoms in total. The number of benzene rings is 2. The summed E-state index contributed by atoms with van der Waals surface area (Å²) in [5, 5.41) is 2.20. The van der Waals surface area contributed by atoms with Crippen LogP contribution in [0.3, 0.4) is 0 Å². The van der Waals surface area contributed by atoms with Crippen LogP contribution in [0.2, 0.25) is 0 Å². The molecule has 22 heavy (non-hydrogen) atoms. The van der Waals surface area contributed by atoms with E-state index in [1.165, 1.54) is 18.2 Å². The van der Waals surface area contributed by atoms with Gasteiger partial charge in [0, 0.05) is 22.4 Å². The maximum atomic E-state index is 13.4. The first-order valence-electron chi connectivity index (χ1n) is 6.29. The van der Waals surface area contributed by atoms with Crippen molar-refractivity contribution in [2.45, 2.75) is 5.75 Å². The van der Waals surface area contributed by atoms with Gasteiger partial charge < -0.3 is 5.32 Å². The number of halogens is 3. The Morgan fingerprint density at radius 3 is 2.45 bits per heavy atom. The highest BCUT2D eigenvalue weighted by molar-refractivity contribution is 7.84. The van der Waals surface area contributed by atoms with E-state index < -0.39 is 39.9 Å². The predicted octanol–water partition coefficient (Wildman–Crippen LogP) is 2.99. The highest BCUT2D eigenvalue weighted by Gasteiger charge is 2.13. The fraction of sp³-hybridized carbons (Fsp3) is 0.133. The smallest absolute Gasteiger partial charge is 0.237 e. The van der Waals surface area contributed by atoms with E-state index in [9.17, 15) is 22.2 Å². The van der Waals surface area contributed by atoms with Crippen LogP contribution in [0.15, 0.2) is 42.5 Å². The lowest BCUT2D eigenvalue weighted by atomic mass is 10.2. The Labute approximate surface area is 127 Å². The second-order valence-corrected chi connectivity index (χ2v) is 5.95. The lowest BCUT2D eigenvalue weighted by Gasteiger charge is -2.07. The first-order chi connectivity index (χ1) is 10.5. The van der Waals surface area contributed by atoms with Crippen LogP contribution in [0, 0.1) is 17.5 Å². The van der Waals surface area contributed by atoms with E-state index in [-0.39, 0.29) is 17.0 Å². The first-order valence-corrected chi connectivity index (χ1v) is 7.78. The van der Waals surface area contributed by atoms with Gasteiger partial charge in [-0.15, -0.1) is 0 Å². The van der Waals surface area contributed by atoms with Crippen molar-refractivity contribution in [3.8, 4) is 0 Å². The zero-order valence-corrected chi connectivity index (χ0v) is 12.1. The molecule has 0 aliphatic carbocycles. The molecule has 0 spiro atoms. The molecule has 0 bridgehead atoms. The van der Waals surface area contributed by atoms with Crippen molar-refractivity contribution in [2.75, 3.05) is 11.1 Å². The molecular weight excluding hydrogens is 315 g/mol. The Kier molecular flexibility index (Phi) is 5.32. The van der Waals surface area contributed by atoms with Crippen molar-refractivity contribution in [2.24, 2.45) is 0 Å². The molecule has 1 atom stereocenters. The van der Waals surface area contributed by atoms with Crippen LogP contribution in [-0.4, -0.2) is 15.9 Å². The van der Waals surface area contributed by atoms with Gasteiger partial charge in [0.05, 0.1) is 11.4 Å². The summed E-state index contributed by atoms with van der Waals surface area (Å²) < 4.78 is 51.3. The maximum Gasteiger partial charge on any atom is 0.237 e. The minimum absolute atomic E-state index is 0.119. The maximum absolute atomic E-state index is 13.4. The number of hydrogen-bond donors (Lipinski definition) is 1. The summed E-state index contributed by atoms with van der Waals surface area (Å²) in [5.74, 6) is -3.41. The van der Waals surface area contributed by atoms with Gasteiger partial charge in [-0.3, -0.25) is 9.00 Å².